The molecule has 1 aromatic heterocycles. The molecule has 5 nitrogen and oxygen atoms in total. The van der Waals surface area contributed by atoms with Crippen molar-refractivity contribution in [2.45, 2.75) is 38.7 Å². The van der Waals surface area contributed by atoms with Crippen molar-refractivity contribution in [1.82, 2.24) is 15.1 Å². The van der Waals surface area contributed by atoms with Crippen LogP contribution in [0.2, 0.25) is 0 Å². The average Bonchev–Trinajstić information content (AvgIpc) is 3.09. The molecule has 1 unspecified atom stereocenters. The molecule has 3 rings (SSSR count). The highest BCUT2D eigenvalue weighted by atomic mass is 16.5. The van der Waals surface area contributed by atoms with E-state index in [1.165, 1.54) is 11.1 Å². The van der Waals surface area contributed by atoms with Gasteiger partial charge in [0.15, 0.2) is 0 Å². The van der Waals surface area contributed by atoms with Gasteiger partial charge in [-0.1, -0.05) is 17.7 Å². The molecule has 1 aliphatic rings. The fraction of sp³-hybridized carbons (Fsp3) is 0.526. The number of aliphatic hydroxyl groups excluding tert-OH is 1. The number of likely N-dealkylation sites (tertiary alicyclic amines) is 1. The Balaban J connectivity index is 1.42. The van der Waals surface area contributed by atoms with Crippen molar-refractivity contribution in [3.63, 3.8) is 0 Å². The highest BCUT2D eigenvalue weighted by molar-refractivity contribution is 5.35. The van der Waals surface area contributed by atoms with E-state index >= 15 is 0 Å². The number of piperidine rings is 1. The number of aryl methyl sites for hydroxylation is 2. The molecule has 0 radical (unpaired) electrons. The van der Waals surface area contributed by atoms with Crippen LogP contribution in [0.1, 0.15) is 35.4 Å². The molecule has 1 aromatic carbocycles. The maximum Gasteiger partial charge on any atom is 0.122 e. The van der Waals surface area contributed by atoms with Crippen molar-refractivity contribution in [3.05, 3.63) is 47.3 Å². The van der Waals surface area contributed by atoms with Crippen LogP contribution in [-0.4, -0.2) is 52.5 Å². The lowest BCUT2D eigenvalue weighted by molar-refractivity contribution is 0.0592. The summed E-state index contributed by atoms with van der Waals surface area (Å²) in [6.45, 7) is 7.13. The van der Waals surface area contributed by atoms with E-state index in [1.54, 1.807) is 0 Å². The Labute approximate surface area is 143 Å². The highest BCUT2D eigenvalue weighted by Gasteiger charge is 2.22. The van der Waals surface area contributed by atoms with E-state index in [1.807, 2.05) is 31.5 Å². The number of aromatic amines is 1. The summed E-state index contributed by atoms with van der Waals surface area (Å²) in [6, 6.07) is 6.12. The topological polar surface area (TPSA) is 61.4 Å². The lowest BCUT2D eigenvalue weighted by Gasteiger charge is -2.32. The SMILES string of the molecule is Cc1ccc(OCC(O)CN2CCC(c3cn[nH]c3)CC2)c(C)c1. The summed E-state index contributed by atoms with van der Waals surface area (Å²) in [7, 11) is 0. The molecule has 0 bridgehead atoms. The molecular formula is C19H27N3O2. The minimum atomic E-state index is -0.462. The van der Waals surface area contributed by atoms with Crippen LogP contribution >= 0.6 is 0 Å². The molecule has 130 valence electrons. The molecule has 2 aromatic rings. The second-order valence-corrected chi connectivity index (χ2v) is 6.84. The first-order valence-electron chi connectivity index (χ1n) is 8.71. The van der Waals surface area contributed by atoms with Gasteiger partial charge in [-0.3, -0.25) is 5.10 Å². The number of nitrogens with zero attached hydrogens (tertiary/aromatic N) is 2. The van der Waals surface area contributed by atoms with E-state index in [9.17, 15) is 5.11 Å². The summed E-state index contributed by atoms with van der Waals surface area (Å²) < 4.78 is 5.79. The largest absolute Gasteiger partial charge is 0.491 e. The van der Waals surface area contributed by atoms with Gasteiger partial charge in [-0.2, -0.15) is 5.10 Å². The third kappa shape index (κ3) is 4.36. The maximum atomic E-state index is 10.3. The first kappa shape index (κ1) is 17.0. The lowest BCUT2D eigenvalue weighted by atomic mass is 9.91. The van der Waals surface area contributed by atoms with Gasteiger partial charge >= 0.3 is 0 Å². The second-order valence-electron chi connectivity index (χ2n) is 6.84. The quantitative estimate of drug-likeness (QED) is 0.855. The number of aliphatic hydroxyl groups is 1. The van der Waals surface area contributed by atoms with Crippen LogP contribution in [0.25, 0.3) is 0 Å². The zero-order valence-electron chi connectivity index (χ0n) is 14.5. The normalized spacial score (nSPS) is 17.8. The van der Waals surface area contributed by atoms with E-state index in [4.69, 9.17) is 4.74 Å². The first-order chi connectivity index (χ1) is 11.6. The predicted octanol–water partition coefficient (Wildman–Crippen LogP) is 2.65. The minimum absolute atomic E-state index is 0.339. The van der Waals surface area contributed by atoms with Gasteiger partial charge < -0.3 is 14.7 Å². The van der Waals surface area contributed by atoms with E-state index in [2.05, 4.69) is 28.1 Å². The van der Waals surface area contributed by atoms with E-state index in [0.29, 0.717) is 19.1 Å². The van der Waals surface area contributed by atoms with Crippen molar-refractivity contribution >= 4 is 0 Å². The van der Waals surface area contributed by atoms with Gasteiger partial charge in [-0.15, -0.1) is 0 Å². The molecule has 5 heteroatoms. The van der Waals surface area contributed by atoms with Gasteiger partial charge in [0.2, 0.25) is 0 Å². The van der Waals surface area contributed by atoms with Crippen molar-refractivity contribution in [2.75, 3.05) is 26.2 Å². The molecule has 1 fully saturated rings. The minimum Gasteiger partial charge on any atom is -0.491 e. The summed E-state index contributed by atoms with van der Waals surface area (Å²) in [5, 5.41) is 17.2. The molecule has 1 saturated heterocycles. The zero-order chi connectivity index (χ0) is 16.9. The fourth-order valence-corrected chi connectivity index (χ4v) is 3.43. The standard InChI is InChI=1S/C19H27N3O2/c1-14-3-4-19(15(2)9-14)24-13-18(23)12-22-7-5-16(6-8-22)17-10-20-21-11-17/h3-4,9-11,16,18,23H,5-8,12-13H2,1-2H3,(H,20,21). The van der Waals surface area contributed by atoms with Crippen LogP contribution in [0, 0.1) is 13.8 Å². The summed E-state index contributed by atoms with van der Waals surface area (Å²) in [5.74, 6) is 1.45. The molecular weight excluding hydrogens is 302 g/mol. The van der Waals surface area contributed by atoms with Crippen molar-refractivity contribution < 1.29 is 9.84 Å². The summed E-state index contributed by atoms with van der Waals surface area (Å²) >= 11 is 0. The van der Waals surface area contributed by atoms with Crippen molar-refractivity contribution in [2.24, 2.45) is 0 Å². The number of benzene rings is 1. The van der Waals surface area contributed by atoms with Crippen LogP contribution in [0.3, 0.4) is 0 Å². The van der Waals surface area contributed by atoms with Gasteiger partial charge in [0, 0.05) is 12.7 Å². The number of hydrogen-bond donors (Lipinski definition) is 2. The third-order valence-electron chi connectivity index (χ3n) is 4.81. The molecule has 24 heavy (non-hydrogen) atoms. The monoisotopic (exact) mass is 329 g/mol. The average molecular weight is 329 g/mol. The molecule has 0 aliphatic carbocycles. The van der Waals surface area contributed by atoms with E-state index in [0.717, 1.165) is 37.2 Å². The Hall–Kier alpha value is -1.85. The van der Waals surface area contributed by atoms with Crippen molar-refractivity contribution in [1.29, 1.82) is 0 Å². The summed E-state index contributed by atoms with van der Waals surface area (Å²) in [6.07, 6.45) is 5.69. The molecule has 2 heterocycles. The molecule has 0 spiro atoms. The fourth-order valence-electron chi connectivity index (χ4n) is 3.43. The van der Waals surface area contributed by atoms with Crippen LogP contribution in [0.15, 0.2) is 30.6 Å². The Morgan fingerprint density at radius 3 is 2.79 bits per heavy atom. The van der Waals surface area contributed by atoms with Crippen LogP contribution in [0.5, 0.6) is 5.75 Å². The number of aromatic nitrogens is 2. The Kier molecular flexibility index (Phi) is 5.53. The maximum absolute atomic E-state index is 10.3. The number of β-amino-alcohol motifs (C(OH)–C–C–N with tert-alkyl or cyclic N) is 1. The van der Waals surface area contributed by atoms with Gasteiger partial charge in [0.25, 0.3) is 0 Å². The van der Waals surface area contributed by atoms with Gasteiger partial charge in [-0.05, 0) is 62.9 Å². The predicted molar refractivity (Wildman–Crippen MR) is 94.4 cm³/mol. The number of H-pyrrole nitrogens is 1. The van der Waals surface area contributed by atoms with Crippen molar-refractivity contribution in [3.8, 4) is 5.75 Å². The molecule has 0 amide bonds. The molecule has 2 N–H and O–H groups in total. The summed E-state index contributed by atoms with van der Waals surface area (Å²) in [5.41, 5.74) is 3.64. The first-order valence-corrected chi connectivity index (χ1v) is 8.71. The Morgan fingerprint density at radius 1 is 1.33 bits per heavy atom. The molecule has 1 aliphatic heterocycles. The number of nitrogens with one attached hydrogen (secondary N) is 1. The Bertz CT molecular complexity index is 634. The van der Waals surface area contributed by atoms with Crippen LogP contribution in [0.4, 0.5) is 0 Å². The number of hydrogen-bond acceptors (Lipinski definition) is 4. The van der Waals surface area contributed by atoms with E-state index in [-0.39, 0.29) is 0 Å². The molecule has 0 saturated carbocycles. The summed E-state index contributed by atoms with van der Waals surface area (Å²) in [4.78, 5) is 2.33. The lowest BCUT2D eigenvalue weighted by Crippen LogP contribution is -2.40. The van der Waals surface area contributed by atoms with E-state index < -0.39 is 6.10 Å². The second kappa shape index (κ2) is 7.81. The van der Waals surface area contributed by atoms with Gasteiger partial charge in [0.1, 0.15) is 18.5 Å². The smallest absolute Gasteiger partial charge is 0.122 e. The number of ether oxygens (including phenoxy) is 1. The third-order valence-corrected chi connectivity index (χ3v) is 4.81. The van der Waals surface area contributed by atoms with Gasteiger partial charge in [0.05, 0.1) is 6.20 Å². The van der Waals surface area contributed by atoms with Crippen LogP contribution < -0.4 is 4.74 Å². The van der Waals surface area contributed by atoms with Gasteiger partial charge in [-0.25, -0.2) is 0 Å². The Morgan fingerprint density at radius 2 is 2.12 bits per heavy atom. The molecule has 1 atom stereocenters. The zero-order valence-corrected chi connectivity index (χ0v) is 14.5. The van der Waals surface area contributed by atoms with Crippen LogP contribution in [-0.2, 0) is 0 Å². The number of rotatable bonds is 6. The highest BCUT2D eigenvalue weighted by Crippen LogP contribution is 2.27.